The Labute approximate surface area is 194 Å². The summed E-state index contributed by atoms with van der Waals surface area (Å²) in [4.78, 5) is 26.3. The number of carbonyl (C=O) groups is 2. The number of nitrogens with zero attached hydrogens (tertiary/aromatic N) is 1. The Kier molecular flexibility index (Phi) is 6.83. The molecule has 1 aromatic rings. The molecule has 0 aliphatic carbocycles. The van der Waals surface area contributed by atoms with Crippen LogP contribution in [0.1, 0.15) is 71.7 Å². The molecule has 0 bridgehead atoms. The number of hydrogen-bond donors (Lipinski definition) is 1. The van der Waals surface area contributed by atoms with Crippen LogP contribution in [0.3, 0.4) is 0 Å². The highest BCUT2D eigenvalue weighted by molar-refractivity contribution is 6.62. The van der Waals surface area contributed by atoms with Crippen molar-refractivity contribution in [2.75, 3.05) is 13.1 Å². The molecule has 2 fully saturated rings. The van der Waals surface area contributed by atoms with E-state index in [0.29, 0.717) is 25.9 Å². The van der Waals surface area contributed by atoms with Crippen molar-refractivity contribution in [3.8, 4) is 0 Å². The number of ether oxygens (including phenoxy) is 1. The molecule has 2 aliphatic rings. The molecule has 3 rings (SSSR count). The summed E-state index contributed by atoms with van der Waals surface area (Å²) < 4.78 is 46.7. The SMILES string of the molecule is CC(C)(C)OC(=O)NC1CCN(C(=O)c2ccc(B3OC(C)(C)C(C)(C)O3)c(F)c2F)CC1. The maximum absolute atomic E-state index is 14.9. The van der Waals surface area contributed by atoms with E-state index in [2.05, 4.69) is 5.32 Å². The molecule has 0 atom stereocenters. The zero-order chi connectivity index (χ0) is 24.8. The van der Waals surface area contributed by atoms with Crippen molar-refractivity contribution in [1.29, 1.82) is 0 Å². The Bertz CT molecular complexity index is 908. The van der Waals surface area contributed by atoms with Crippen LogP contribution >= 0.6 is 0 Å². The lowest BCUT2D eigenvalue weighted by Crippen LogP contribution is -2.48. The van der Waals surface area contributed by atoms with Crippen molar-refractivity contribution < 1.29 is 32.4 Å². The molecular weight excluding hydrogens is 433 g/mol. The van der Waals surface area contributed by atoms with Gasteiger partial charge in [0, 0.05) is 24.6 Å². The predicted molar refractivity (Wildman–Crippen MR) is 120 cm³/mol. The Balaban J connectivity index is 1.65. The molecule has 2 saturated heterocycles. The van der Waals surface area contributed by atoms with Crippen LogP contribution in [0.2, 0.25) is 0 Å². The minimum atomic E-state index is -1.22. The molecule has 10 heteroatoms. The van der Waals surface area contributed by atoms with Gasteiger partial charge in [-0.15, -0.1) is 0 Å². The number of benzene rings is 1. The van der Waals surface area contributed by atoms with Gasteiger partial charge in [0.25, 0.3) is 5.91 Å². The Hall–Kier alpha value is -2.20. The first-order chi connectivity index (χ1) is 15.1. The van der Waals surface area contributed by atoms with E-state index in [4.69, 9.17) is 14.0 Å². The maximum Gasteiger partial charge on any atom is 0.497 e. The van der Waals surface area contributed by atoms with Gasteiger partial charge >= 0.3 is 13.2 Å². The number of halogens is 2. The molecule has 2 aliphatic heterocycles. The van der Waals surface area contributed by atoms with Gasteiger partial charge in [0.1, 0.15) is 5.60 Å². The first kappa shape index (κ1) is 25.4. The number of carbonyl (C=O) groups excluding carboxylic acids is 2. The van der Waals surface area contributed by atoms with E-state index in [0.717, 1.165) is 0 Å². The molecule has 7 nitrogen and oxygen atoms in total. The van der Waals surface area contributed by atoms with Gasteiger partial charge in [-0.05, 0) is 67.4 Å². The van der Waals surface area contributed by atoms with Gasteiger partial charge in [-0.3, -0.25) is 4.79 Å². The quantitative estimate of drug-likeness (QED) is 0.692. The van der Waals surface area contributed by atoms with Crippen molar-refractivity contribution in [3.05, 3.63) is 29.3 Å². The van der Waals surface area contributed by atoms with E-state index in [1.165, 1.54) is 17.0 Å². The summed E-state index contributed by atoms with van der Waals surface area (Å²) in [7, 11) is -1.07. The molecule has 1 aromatic carbocycles. The highest BCUT2D eigenvalue weighted by atomic mass is 19.2. The summed E-state index contributed by atoms with van der Waals surface area (Å²) in [5.74, 6) is -2.97. The highest BCUT2D eigenvalue weighted by Crippen LogP contribution is 2.36. The number of rotatable bonds is 3. The lowest BCUT2D eigenvalue weighted by atomic mass is 9.78. The zero-order valence-corrected chi connectivity index (χ0v) is 20.4. The fourth-order valence-electron chi connectivity index (χ4n) is 3.75. The van der Waals surface area contributed by atoms with E-state index in [9.17, 15) is 18.4 Å². The summed E-state index contributed by atoms with van der Waals surface area (Å²) in [6.07, 6.45) is 0.459. The predicted octanol–water partition coefficient (Wildman–Crippen LogP) is 3.39. The summed E-state index contributed by atoms with van der Waals surface area (Å²) in [6.45, 7) is 13.2. The van der Waals surface area contributed by atoms with Crippen molar-refractivity contribution in [3.63, 3.8) is 0 Å². The van der Waals surface area contributed by atoms with Crippen molar-refractivity contribution in [2.45, 2.75) is 84.2 Å². The van der Waals surface area contributed by atoms with Crippen LogP contribution < -0.4 is 10.8 Å². The van der Waals surface area contributed by atoms with Gasteiger partial charge in [0.2, 0.25) is 0 Å². The second-order valence-electron chi connectivity index (χ2n) is 10.6. The summed E-state index contributed by atoms with van der Waals surface area (Å²) in [5.41, 5.74) is -2.43. The van der Waals surface area contributed by atoms with Crippen LogP contribution in [0.25, 0.3) is 0 Å². The molecule has 33 heavy (non-hydrogen) atoms. The zero-order valence-electron chi connectivity index (χ0n) is 20.4. The van der Waals surface area contributed by atoms with Crippen LogP contribution in [0.15, 0.2) is 12.1 Å². The molecule has 2 heterocycles. The van der Waals surface area contributed by atoms with Gasteiger partial charge in [0.15, 0.2) is 11.6 Å². The molecule has 0 radical (unpaired) electrons. The summed E-state index contributed by atoms with van der Waals surface area (Å²) in [6, 6.07) is 2.45. The van der Waals surface area contributed by atoms with Crippen LogP contribution in [0, 0.1) is 11.6 Å². The first-order valence-electron chi connectivity index (χ1n) is 11.2. The van der Waals surface area contributed by atoms with Gasteiger partial charge in [-0.25, -0.2) is 13.6 Å². The minimum absolute atomic E-state index is 0.0806. The highest BCUT2D eigenvalue weighted by Gasteiger charge is 2.52. The first-order valence-corrected chi connectivity index (χ1v) is 11.2. The lowest BCUT2D eigenvalue weighted by Gasteiger charge is -2.33. The summed E-state index contributed by atoms with van der Waals surface area (Å²) in [5, 5.41) is 2.79. The third-order valence-electron chi connectivity index (χ3n) is 6.35. The smallest absolute Gasteiger partial charge is 0.444 e. The van der Waals surface area contributed by atoms with E-state index >= 15 is 0 Å². The van der Waals surface area contributed by atoms with Crippen molar-refractivity contribution in [1.82, 2.24) is 10.2 Å². The van der Waals surface area contributed by atoms with E-state index in [1.54, 1.807) is 20.8 Å². The molecule has 0 aromatic heterocycles. The number of alkyl carbamates (subject to hydrolysis) is 1. The Morgan fingerprint density at radius 1 is 1.06 bits per heavy atom. The van der Waals surface area contributed by atoms with Crippen LogP contribution in [-0.4, -0.2) is 60.0 Å². The van der Waals surface area contributed by atoms with Crippen LogP contribution in [0.5, 0.6) is 0 Å². The Morgan fingerprint density at radius 3 is 2.12 bits per heavy atom. The fourth-order valence-corrected chi connectivity index (χ4v) is 3.75. The van der Waals surface area contributed by atoms with Crippen LogP contribution in [-0.2, 0) is 14.0 Å². The van der Waals surface area contributed by atoms with Crippen LogP contribution in [0.4, 0.5) is 13.6 Å². The average Bonchev–Trinajstić information content (AvgIpc) is 2.89. The third-order valence-corrected chi connectivity index (χ3v) is 6.35. The molecular formula is C23H33BF2N2O5. The van der Waals surface area contributed by atoms with Gasteiger partial charge in [-0.1, -0.05) is 6.07 Å². The van der Waals surface area contributed by atoms with Crippen molar-refractivity contribution in [2.24, 2.45) is 0 Å². The molecule has 182 valence electrons. The van der Waals surface area contributed by atoms with Gasteiger partial charge in [0.05, 0.1) is 16.8 Å². The van der Waals surface area contributed by atoms with E-state index < -0.39 is 47.6 Å². The number of hydrogen-bond acceptors (Lipinski definition) is 5. The fraction of sp³-hybridized carbons (Fsp3) is 0.652. The molecule has 0 unspecified atom stereocenters. The molecule has 2 amide bonds. The van der Waals surface area contributed by atoms with E-state index in [-0.39, 0.29) is 17.1 Å². The van der Waals surface area contributed by atoms with Gasteiger partial charge < -0.3 is 24.3 Å². The second-order valence-corrected chi connectivity index (χ2v) is 10.6. The summed E-state index contributed by atoms with van der Waals surface area (Å²) >= 11 is 0. The molecule has 0 saturated carbocycles. The standard InChI is InChI=1S/C23H33BF2N2O5/c1-21(2,3)31-20(30)27-14-10-12-28(13-11-14)19(29)15-8-9-16(18(26)17(15)25)24-32-22(4,5)23(6,7)33-24/h8-9,14H,10-13H2,1-7H3,(H,27,30). The maximum atomic E-state index is 14.9. The average molecular weight is 466 g/mol. The normalized spacial score (nSPS) is 20.6. The third kappa shape index (κ3) is 5.49. The van der Waals surface area contributed by atoms with E-state index in [1.807, 2.05) is 27.7 Å². The molecule has 0 spiro atoms. The molecule has 1 N–H and O–H groups in total. The second kappa shape index (κ2) is 8.87. The number of likely N-dealkylation sites (tertiary alicyclic amines) is 1. The number of amides is 2. The monoisotopic (exact) mass is 466 g/mol. The minimum Gasteiger partial charge on any atom is -0.444 e. The number of piperidine rings is 1. The Morgan fingerprint density at radius 2 is 1.61 bits per heavy atom. The van der Waals surface area contributed by atoms with Gasteiger partial charge in [-0.2, -0.15) is 0 Å². The largest absolute Gasteiger partial charge is 0.497 e. The lowest BCUT2D eigenvalue weighted by molar-refractivity contribution is 0.00578. The number of nitrogens with one attached hydrogen (secondary N) is 1. The van der Waals surface area contributed by atoms with Crippen molar-refractivity contribution >= 4 is 24.6 Å². The topological polar surface area (TPSA) is 77.1 Å².